The molecule has 1 N–H and O–H groups in total. The van der Waals surface area contributed by atoms with Gasteiger partial charge in [-0.3, -0.25) is 19.7 Å². The van der Waals surface area contributed by atoms with Crippen LogP contribution in [0.5, 0.6) is 0 Å². The molecule has 0 saturated heterocycles. The standard InChI is InChI=1S/C22H25Cl2N3O4/c1-4-14(2)25-22(29)15(3)26(13-17-9-10-18(23)12-19(17)24)21(28)11-16-7-5-6-8-20(16)27(30)31/h5-10,12,14-15H,4,11,13H2,1-3H3,(H,25,29)/t14-,15+/m1/s1. The van der Waals surface area contributed by atoms with Crippen molar-refractivity contribution in [2.45, 2.75) is 52.2 Å². The van der Waals surface area contributed by atoms with Gasteiger partial charge < -0.3 is 10.2 Å². The first-order valence-corrected chi connectivity index (χ1v) is 10.7. The molecule has 0 radical (unpaired) electrons. The molecule has 7 nitrogen and oxygen atoms in total. The highest BCUT2D eigenvalue weighted by molar-refractivity contribution is 6.35. The number of nitrogens with one attached hydrogen (secondary N) is 1. The Kier molecular flexibility index (Phi) is 8.83. The molecule has 0 aliphatic carbocycles. The van der Waals surface area contributed by atoms with Gasteiger partial charge in [0.05, 0.1) is 11.3 Å². The van der Waals surface area contributed by atoms with Crippen molar-refractivity contribution in [1.29, 1.82) is 0 Å². The highest BCUT2D eigenvalue weighted by Gasteiger charge is 2.29. The van der Waals surface area contributed by atoms with Crippen LogP contribution in [0.3, 0.4) is 0 Å². The predicted molar refractivity (Wildman–Crippen MR) is 121 cm³/mol. The minimum atomic E-state index is -0.809. The second kappa shape index (κ2) is 11.1. The summed E-state index contributed by atoms with van der Waals surface area (Å²) >= 11 is 12.2. The smallest absolute Gasteiger partial charge is 0.273 e. The number of nitro benzene ring substituents is 1. The Morgan fingerprint density at radius 1 is 1.13 bits per heavy atom. The molecule has 2 amide bonds. The quantitative estimate of drug-likeness (QED) is 0.426. The molecule has 0 aliphatic heterocycles. The van der Waals surface area contributed by atoms with E-state index in [-0.39, 0.29) is 36.2 Å². The Morgan fingerprint density at radius 2 is 1.81 bits per heavy atom. The molecule has 166 valence electrons. The lowest BCUT2D eigenvalue weighted by Gasteiger charge is -2.30. The molecule has 2 rings (SSSR count). The van der Waals surface area contributed by atoms with Crippen LogP contribution >= 0.6 is 23.2 Å². The average Bonchev–Trinajstić information content (AvgIpc) is 2.72. The van der Waals surface area contributed by atoms with E-state index < -0.39 is 16.9 Å². The number of hydrogen-bond acceptors (Lipinski definition) is 4. The Bertz CT molecular complexity index is 968. The van der Waals surface area contributed by atoms with E-state index in [1.54, 1.807) is 37.3 Å². The van der Waals surface area contributed by atoms with E-state index in [9.17, 15) is 19.7 Å². The van der Waals surface area contributed by atoms with Crippen molar-refractivity contribution in [3.05, 3.63) is 73.8 Å². The lowest BCUT2D eigenvalue weighted by Crippen LogP contribution is -2.50. The molecule has 0 fully saturated rings. The van der Waals surface area contributed by atoms with Crippen molar-refractivity contribution in [2.75, 3.05) is 0 Å². The van der Waals surface area contributed by atoms with Crippen LogP contribution in [0.4, 0.5) is 5.69 Å². The molecule has 0 saturated carbocycles. The predicted octanol–water partition coefficient (Wildman–Crippen LogP) is 4.78. The third-order valence-corrected chi connectivity index (χ3v) is 5.64. The topological polar surface area (TPSA) is 92.6 Å². The lowest BCUT2D eigenvalue weighted by atomic mass is 10.1. The van der Waals surface area contributed by atoms with E-state index >= 15 is 0 Å². The Morgan fingerprint density at radius 3 is 2.42 bits per heavy atom. The third kappa shape index (κ3) is 6.67. The van der Waals surface area contributed by atoms with Crippen LogP contribution in [0.15, 0.2) is 42.5 Å². The Hall–Kier alpha value is -2.64. The zero-order valence-electron chi connectivity index (χ0n) is 17.6. The maximum Gasteiger partial charge on any atom is 0.273 e. The molecule has 2 aromatic carbocycles. The minimum Gasteiger partial charge on any atom is -0.352 e. The summed E-state index contributed by atoms with van der Waals surface area (Å²) in [5, 5.41) is 15.0. The van der Waals surface area contributed by atoms with Crippen LogP contribution in [0, 0.1) is 10.1 Å². The summed E-state index contributed by atoms with van der Waals surface area (Å²) in [7, 11) is 0. The first-order valence-electron chi connectivity index (χ1n) is 9.90. The number of amides is 2. The minimum absolute atomic E-state index is 0.0544. The van der Waals surface area contributed by atoms with E-state index in [0.717, 1.165) is 6.42 Å². The van der Waals surface area contributed by atoms with Crippen LogP contribution < -0.4 is 5.32 Å². The first kappa shape index (κ1) is 24.6. The van der Waals surface area contributed by atoms with E-state index in [2.05, 4.69) is 5.32 Å². The van der Waals surface area contributed by atoms with Crippen molar-refractivity contribution in [3.8, 4) is 0 Å². The van der Waals surface area contributed by atoms with Crippen molar-refractivity contribution in [2.24, 2.45) is 0 Å². The number of carbonyl (C=O) groups is 2. The summed E-state index contributed by atoms with van der Waals surface area (Å²) in [5.74, 6) is -0.734. The fourth-order valence-electron chi connectivity index (χ4n) is 2.98. The summed E-state index contributed by atoms with van der Waals surface area (Å²) < 4.78 is 0. The Balaban J connectivity index is 2.35. The first-order chi connectivity index (χ1) is 14.6. The van der Waals surface area contributed by atoms with Gasteiger partial charge in [0.25, 0.3) is 5.69 Å². The number of nitrogens with zero attached hydrogens (tertiary/aromatic N) is 2. The third-order valence-electron chi connectivity index (χ3n) is 5.05. The largest absolute Gasteiger partial charge is 0.352 e. The van der Waals surface area contributed by atoms with Gasteiger partial charge in [0.2, 0.25) is 11.8 Å². The Labute approximate surface area is 191 Å². The molecule has 0 aliphatic rings. The van der Waals surface area contributed by atoms with E-state index in [1.165, 1.54) is 17.0 Å². The number of halogens is 2. The summed E-state index contributed by atoms with van der Waals surface area (Å²) in [6.07, 6.45) is 0.523. The molecule has 0 bridgehead atoms. The van der Waals surface area contributed by atoms with E-state index in [0.29, 0.717) is 15.6 Å². The summed E-state index contributed by atoms with van der Waals surface area (Å²) in [6, 6.07) is 10.1. The van der Waals surface area contributed by atoms with Crippen LogP contribution in [-0.4, -0.2) is 33.7 Å². The lowest BCUT2D eigenvalue weighted by molar-refractivity contribution is -0.385. The van der Waals surface area contributed by atoms with Gasteiger partial charge in [-0.15, -0.1) is 0 Å². The SMILES string of the molecule is CC[C@@H](C)NC(=O)[C@H](C)N(Cc1ccc(Cl)cc1Cl)C(=O)Cc1ccccc1[N+](=O)[O-]. The number of benzene rings is 2. The number of rotatable bonds is 9. The summed E-state index contributed by atoms with van der Waals surface area (Å²) in [4.78, 5) is 38.1. The maximum absolute atomic E-state index is 13.2. The zero-order valence-corrected chi connectivity index (χ0v) is 19.1. The average molecular weight is 466 g/mol. The van der Waals surface area contributed by atoms with Crippen LogP contribution in [0.25, 0.3) is 0 Å². The second-order valence-corrected chi connectivity index (χ2v) is 8.16. The van der Waals surface area contributed by atoms with Crippen LogP contribution in [0.1, 0.15) is 38.3 Å². The number of para-hydroxylation sites is 1. The van der Waals surface area contributed by atoms with Gasteiger partial charge in [-0.1, -0.05) is 54.4 Å². The number of hydrogen-bond donors (Lipinski definition) is 1. The van der Waals surface area contributed by atoms with Crippen LogP contribution in [0.2, 0.25) is 10.0 Å². The van der Waals surface area contributed by atoms with Gasteiger partial charge in [-0.2, -0.15) is 0 Å². The number of carbonyl (C=O) groups excluding carboxylic acids is 2. The molecule has 2 atom stereocenters. The maximum atomic E-state index is 13.2. The molecule has 2 aromatic rings. The van der Waals surface area contributed by atoms with Gasteiger partial charge >= 0.3 is 0 Å². The van der Waals surface area contributed by atoms with Gasteiger partial charge in [-0.05, 0) is 38.0 Å². The molecule has 0 aromatic heterocycles. The molecule has 0 spiro atoms. The highest BCUT2D eigenvalue weighted by atomic mass is 35.5. The van der Waals surface area contributed by atoms with Gasteiger partial charge in [0.15, 0.2) is 0 Å². The van der Waals surface area contributed by atoms with E-state index in [4.69, 9.17) is 23.2 Å². The molecular formula is C22H25Cl2N3O4. The van der Waals surface area contributed by atoms with E-state index in [1.807, 2.05) is 13.8 Å². The van der Waals surface area contributed by atoms with Gasteiger partial charge in [-0.25, -0.2) is 0 Å². The molecule has 0 unspecified atom stereocenters. The molecular weight excluding hydrogens is 441 g/mol. The fraction of sp³-hybridized carbons (Fsp3) is 0.364. The molecule has 0 heterocycles. The number of nitro groups is 1. The van der Waals surface area contributed by atoms with Crippen molar-refractivity contribution >= 4 is 40.7 Å². The van der Waals surface area contributed by atoms with Crippen molar-refractivity contribution < 1.29 is 14.5 Å². The van der Waals surface area contributed by atoms with Gasteiger partial charge in [0, 0.05) is 34.3 Å². The molecule has 9 heteroatoms. The summed E-state index contributed by atoms with van der Waals surface area (Å²) in [5.41, 5.74) is 0.751. The fourth-order valence-corrected chi connectivity index (χ4v) is 3.45. The summed E-state index contributed by atoms with van der Waals surface area (Å²) in [6.45, 7) is 5.50. The molecule has 31 heavy (non-hydrogen) atoms. The zero-order chi connectivity index (χ0) is 23.1. The van der Waals surface area contributed by atoms with Crippen molar-refractivity contribution in [1.82, 2.24) is 10.2 Å². The second-order valence-electron chi connectivity index (χ2n) is 7.31. The van der Waals surface area contributed by atoms with Gasteiger partial charge in [0.1, 0.15) is 6.04 Å². The monoisotopic (exact) mass is 465 g/mol. The van der Waals surface area contributed by atoms with Crippen molar-refractivity contribution in [3.63, 3.8) is 0 Å². The van der Waals surface area contributed by atoms with Crippen LogP contribution in [-0.2, 0) is 22.6 Å². The normalized spacial score (nSPS) is 12.7. The highest BCUT2D eigenvalue weighted by Crippen LogP contribution is 2.25.